The predicted molar refractivity (Wildman–Crippen MR) is 54.3 cm³/mol. The van der Waals surface area contributed by atoms with Crippen LogP contribution in [0.5, 0.6) is 0 Å². The zero-order chi connectivity index (χ0) is 11.2. The molecule has 0 radical (unpaired) electrons. The first-order valence-corrected chi connectivity index (χ1v) is 6.52. The van der Waals surface area contributed by atoms with E-state index in [0.717, 1.165) is 12.8 Å². The third kappa shape index (κ3) is 0.501. The Morgan fingerprint density at radius 3 is 3.12 bits per heavy atom. The molecule has 2 aliphatic heterocycles. The zero-order valence-electron chi connectivity index (χ0n) is 9.23. The molecule has 2 spiro atoms. The number of hydrogen-bond acceptors (Lipinski definition) is 3. The van der Waals surface area contributed by atoms with Crippen LogP contribution in [0.1, 0.15) is 25.7 Å². The van der Waals surface area contributed by atoms with Crippen molar-refractivity contribution in [1.29, 1.82) is 0 Å². The first kappa shape index (κ1) is 8.27. The molecular formula is C13H12O4. The summed E-state index contributed by atoms with van der Waals surface area (Å²) in [7, 11) is 0. The van der Waals surface area contributed by atoms with E-state index in [1.807, 2.05) is 0 Å². The maximum atomic E-state index is 11.5. The first-order valence-electron chi connectivity index (χ1n) is 6.52. The molecule has 6 aliphatic rings. The van der Waals surface area contributed by atoms with Crippen LogP contribution >= 0.6 is 0 Å². The summed E-state index contributed by atoms with van der Waals surface area (Å²) in [6.45, 7) is 0. The zero-order valence-corrected chi connectivity index (χ0v) is 9.23. The minimum atomic E-state index is -0.871. The number of rotatable bonds is 1. The van der Waals surface area contributed by atoms with Gasteiger partial charge in [-0.25, -0.2) is 4.79 Å². The fourth-order valence-corrected chi connectivity index (χ4v) is 5.72. The summed E-state index contributed by atoms with van der Waals surface area (Å²) in [6, 6.07) is 0. The third-order valence-corrected chi connectivity index (χ3v) is 6.30. The molecule has 4 nitrogen and oxygen atoms in total. The van der Waals surface area contributed by atoms with Crippen molar-refractivity contribution in [1.82, 2.24) is 0 Å². The van der Waals surface area contributed by atoms with Gasteiger partial charge in [0.1, 0.15) is 5.60 Å². The van der Waals surface area contributed by atoms with Crippen molar-refractivity contribution in [2.75, 3.05) is 0 Å². The van der Waals surface area contributed by atoms with Crippen molar-refractivity contribution < 1.29 is 19.4 Å². The maximum absolute atomic E-state index is 11.5. The Kier molecular flexibility index (Phi) is 0.869. The van der Waals surface area contributed by atoms with Gasteiger partial charge in [-0.15, -0.1) is 0 Å². The average Bonchev–Trinajstić information content (AvgIpc) is 3.13. The summed E-state index contributed by atoms with van der Waals surface area (Å²) in [5.74, 6) is -0.412. The van der Waals surface area contributed by atoms with Crippen LogP contribution in [0.15, 0.2) is 11.1 Å². The SMILES string of the molecule is O=C(O)C12CCC3=C4C35CCC3OC3C5C41O2. The molecule has 4 fully saturated rings. The normalized spacial score (nSPS) is 66.9. The van der Waals surface area contributed by atoms with Gasteiger partial charge < -0.3 is 14.6 Å². The van der Waals surface area contributed by atoms with Crippen LogP contribution in [0.2, 0.25) is 0 Å². The molecule has 0 aromatic heterocycles. The Balaban J connectivity index is 1.57. The molecule has 0 bridgehead atoms. The number of hydrogen-bond donors (Lipinski definition) is 1. The first-order chi connectivity index (χ1) is 8.18. The van der Waals surface area contributed by atoms with Gasteiger partial charge in [0.15, 0.2) is 5.60 Å². The lowest BCUT2D eigenvalue weighted by molar-refractivity contribution is -0.143. The monoisotopic (exact) mass is 232 g/mol. The molecular weight excluding hydrogens is 220 g/mol. The highest BCUT2D eigenvalue weighted by molar-refractivity contribution is 5.91. The standard InChI is InChI=1S/C13H12O4/c14-10(15)12-4-1-5-8-11(5)3-2-6-7(16-6)9(11)13(8,12)17-12/h6-7,9H,1-4H2,(H,14,15). The van der Waals surface area contributed by atoms with Crippen LogP contribution in [0, 0.1) is 11.3 Å². The van der Waals surface area contributed by atoms with E-state index in [1.54, 1.807) is 5.57 Å². The van der Waals surface area contributed by atoms with Crippen molar-refractivity contribution in [2.45, 2.75) is 49.1 Å². The highest BCUT2D eigenvalue weighted by atomic mass is 16.7. The van der Waals surface area contributed by atoms with E-state index in [1.165, 1.54) is 12.0 Å². The van der Waals surface area contributed by atoms with Gasteiger partial charge in [0.25, 0.3) is 0 Å². The Morgan fingerprint density at radius 1 is 1.41 bits per heavy atom. The minimum absolute atomic E-state index is 0.283. The molecule has 0 amide bonds. The summed E-state index contributed by atoms with van der Waals surface area (Å²) in [6.07, 6.45) is 4.66. The largest absolute Gasteiger partial charge is 0.479 e. The lowest BCUT2D eigenvalue weighted by Gasteiger charge is -2.45. The number of aliphatic carboxylic acids is 1. The van der Waals surface area contributed by atoms with Crippen molar-refractivity contribution in [3.63, 3.8) is 0 Å². The second kappa shape index (κ2) is 1.79. The highest BCUT2D eigenvalue weighted by Crippen LogP contribution is 2.92. The van der Waals surface area contributed by atoms with Crippen LogP contribution in [0.4, 0.5) is 0 Å². The quantitative estimate of drug-likeness (QED) is 0.538. The molecule has 0 aromatic carbocycles. The summed E-state index contributed by atoms with van der Waals surface area (Å²) < 4.78 is 11.6. The van der Waals surface area contributed by atoms with Gasteiger partial charge in [0.2, 0.25) is 0 Å². The smallest absolute Gasteiger partial charge is 0.339 e. The summed E-state index contributed by atoms with van der Waals surface area (Å²) in [4.78, 5) is 11.5. The molecule has 6 atom stereocenters. The predicted octanol–water partition coefficient (Wildman–Crippen LogP) is 0.860. The Labute approximate surface area is 97.6 Å². The summed E-state index contributed by atoms with van der Waals surface area (Å²) in [5, 5.41) is 9.46. The molecule has 2 saturated carbocycles. The Morgan fingerprint density at radius 2 is 2.29 bits per heavy atom. The number of carbonyl (C=O) groups is 1. The molecule has 6 unspecified atom stereocenters. The van der Waals surface area contributed by atoms with Gasteiger partial charge in [-0.1, -0.05) is 5.57 Å². The number of epoxide rings is 2. The van der Waals surface area contributed by atoms with Crippen molar-refractivity contribution in [3.8, 4) is 0 Å². The number of ether oxygens (including phenoxy) is 2. The fraction of sp³-hybridized carbons (Fsp3) is 0.769. The second-order valence-electron chi connectivity index (χ2n) is 6.45. The van der Waals surface area contributed by atoms with Crippen LogP contribution in [0.25, 0.3) is 0 Å². The van der Waals surface area contributed by atoms with E-state index in [9.17, 15) is 9.90 Å². The van der Waals surface area contributed by atoms with E-state index < -0.39 is 17.2 Å². The number of fused-ring (bicyclic) bond motifs is 2. The minimum Gasteiger partial charge on any atom is -0.479 e. The molecule has 0 aromatic rings. The van der Waals surface area contributed by atoms with Crippen molar-refractivity contribution >= 4 is 5.97 Å². The molecule has 2 saturated heterocycles. The van der Waals surface area contributed by atoms with Crippen molar-refractivity contribution in [2.24, 2.45) is 11.3 Å². The van der Waals surface area contributed by atoms with Crippen LogP contribution in [-0.2, 0) is 14.3 Å². The van der Waals surface area contributed by atoms with Crippen LogP contribution < -0.4 is 0 Å². The number of carboxylic acids is 1. The van der Waals surface area contributed by atoms with Gasteiger partial charge in [-0.3, -0.25) is 0 Å². The number of carboxylic acid groups (broad SMARTS) is 1. The van der Waals surface area contributed by atoms with E-state index in [0.29, 0.717) is 24.5 Å². The van der Waals surface area contributed by atoms with Gasteiger partial charge in [0.05, 0.1) is 12.2 Å². The third-order valence-electron chi connectivity index (χ3n) is 6.30. The average molecular weight is 232 g/mol. The van der Waals surface area contributed by atoms with E-state index in [4.69, 9.17) is 9.47 Å². The molecule has 6 rings (SSSR count). The van der Waals surface area contributed by atoms with E-state index in [-0.39, 0.29) is 5.41 Å². The van der Waals surface area contributed by atoms with E-state index >= 15 is 0 Å². The molecule has 4 heteroatoms. The summed E-state index contributed by atoms with van der Waals surface area (Å²) >= 11 is 0. The van der Waals surface area contributed by atoms with Gasteiger partial charge >= 0.3 is 5.97 Å². The van der Waals surface area contributed by atoms with Gasteiger partial charge in [-0.2, -0.15) is 0 Å². The molecule has 1 N–H and O–H groups in total. The molecule has 4 aliphatic carbocycles. The van der Waals surface area contributed by atoms with Crippen LogP contribution in [0.3, 0.4) is 0 Å². The lowest BCUT2D eigenvalue weighted by atomic mass is 9.53. The Bertz CT molecular complexity index is 566. The second-order valence-corrected chi connectivity index (χ2v) is 6.45. The van der Waals surface area contributed by atoms with Crippen molar-refractivity contribution in [3.05, 3.63) is 11.1 Å². The topological polar surface area (TPSA) is 62.4 Å². The summed E-state index contributed by atoms with van der Waals surface area (Å²) in [5.41, 5.74) is 1.94. The lowest BCUT2D eigenvalue weighted by Crippen LogP contribution is -2.56. The van der Waals surface area contributed by atoms with Crippen LogP contribution in [-0.4, -0.2) is 34.5 Å². The fourth-order valence-electron chi connectivity index (χ4n) is 5.72. The highest BCUT2D eigenvalue weighted by Gasteiger charge is 2.99. The molecule has 17 heavy (non-hydrogen) atoms. The molecule has 88 valence electrons. The van der Waals surface area contributed by atoms with Gasteiger partial charge in [-0.05, 0) is 31.3 Å². The Hall–Kier alpha value is -0.870. The van der Waals surface area contributed by atoms with Gasteiger partial charge in [0, 0.05) is 11.3 Å². The van der Waals surface area contributed by atoms with E-state index in [2.05, 4.69) is 0 Å². The number of allylic oxidation sites excluding steroid dienone is 1. The molecule has 2 heterocycles. The maximum Gasteiger partial charge on any atom is 0.339 e.